The second kappa shape index (κ2) is 6.75. The second-order valence-corrected chi connectivity index (χ2v) is 5.74. The standard InChI is InChI=1S/C17H18FN3S/c18-13-3-5-14(6-4-13)19-17(22)20-15-7-9-16(10-8-15)21-11-1-2-12-21/h3-10H,1-2,11-12H2,(H2,19,20,22). The van der Waals surface area contributed by atoms with Crippen LogP contribution in [0.25, 0.3) is 0 Å². The molecule has 0 radical (unpaired) electrons. The molecule has 0 amide bonds. The van der Waals surface area contributed by atoms with Gasteiger partial charge in [-0.2, -0.15) is 0 Å². The van der Waals surface area contributed by atoms with Gasteiger partial charge in [0.15, 0.2) is 5.11 Å². The number of hydrogen-bond acceptors (Lipinski definition) is 2. The molecule has 2 aromatic carbocycles. The van der Waals surface area contributed by atoms with Crippen LogP contribution in [0.1, 0.15) is 12.8 Å². The number of nitrogens with one attached hydrogen (secondary N) is 2. The summed E-state index contributed by atoms with van der Waals surface area (Å²) >= 11 is 5.26. The average molecular weight is 315 g/mol. The first-order chi connectivity index (χ1) is 10.7. The van der Waals surface area contributed by atoms with Gasteiger partial charge in [0.1, 0.15) is 5.82 Å². The van der Waals surface area contributed by atoms with Crippen LogP contribution < -0.4 is 15.5 Å². The molecule has 1 fully saturated rings. The van der Waals surface area contributed by atoms with Gasteiger partial charge >= 0.3 is 0 Å². The Labute approximate surface area is 135 Å². The van der Waals surface area contributed by atoms with E-state index < -0.39 is 0 Å². The van der Waals surface area contributed by atoms with Gasteiger partial charge in [0.05, 0.1) is 0 Å². The smallest absolute Gasteiger partial charge is 0.175 e. The Hall–Kier alpha value is -2.14. The number of halogens is 1. The van der Waals surface area contributed by atoms with Crippen molar-refractivity contribution in [2.75, 3.05) is 28.6 Å². The molecular weight excluding hydrogens is 297 g/mol. The zero-order valence-electron chi connectivity index (χ0n) is 12.2. The molecule has 0 saturated carbocycles. The molecule has 3 nitrogen and oxygen atoms in total. The van der Waals surface area contributed by atoms with Crippen LogP contribution in [0.15, 0.2) is 48.5 Å². The number of benzene rings is 2. The van der Waals surface area contributed by atoms with E-state index in [4.69, 9.17) is 12.2 Å². The Morgan fingerprint density at radius 2 is 1.36 bits per heavy atom. The fourth-order valence-electron chi connectivity index (χ4n) is 2.56. The van der Waals surface area contributed by atoms with Crippen LogP contribution >= 0.6 is 12.2 Å². The van der Waals surface area contributed by atoms with E-state index in [0.717, 1.165) is 24.5 Å². The van der Waals surface area contributed by atoms with Gasteiger partial charge in [0.25, 0.3) is 0 Å². The van der Waals surface area contributed by atoms with E-state index in [1.807, 2.05) is 12.1 Å². The van der Waals surface area contributed by atoms with Crippen molar-refractivity contribution < 1.29 is 4.39 Å². The summed E-state index contributed by atoms with van der Waals surface area (Å²) in [7, 11) is 0. The topological polar surface area (TPSA) is 27.3 Å². The highest BCUT2D eigenvalue weighted by atomic mass is 32.1. The summed E-state index contributed by atoms with van der Waals surface area (Å²) in [5.74, 6) is -0.262. The van der Waals surface area contributed by atoms with E-state index in [2.05, 4.69) is 27.7 Å². The van der Waals surface area contributed by atoms with Crippen molar-refractivity contribution in [3.8, 4) is 0 Å². The Bertz CT molecular complexity index is 634. The molecule has 114 valence electrons. The van der Waals surface area contributed by atoms with Gasteiger partial charge in [-0.15, -0.1) is 0 Å². The number of hydrogen-bond donors (Lipinski definition) is 2. The Kier molecular flexibility index (Phi) is 4.53. The zero-order chi connectivity index (χ0) is 15.4. The lowest BCUT2D eigenvalue weighted by atomic mass is 10.2. The quantitative estimate of drug-likeness (QED) is 0.829. The summed E-state index contributed by atoms with van der Waals surface area (Å²) in [5, 5.41) is 6.65. The predicted octanol–water partition coefficient (Wildman–Crippen LogP) is 4.23. The first-order valence-electron chi connectivity index (χ1n) is 7.39. The fraction of sp³-hybridized carbons (Fsp3) is 0.235. The van der Waals surface area contributed by atoms with Gasteiger partial charge < -0.3 is 15.5 Å². The summed E-state index contributed by atoms with van der Waals surface area (Å²) in [6.07, 6.45) is 2.54. The Balaban J connectivity index is 1.57. The van der Waals surface area contributed by atoms with Crippen LogP contribution in [-0.4, -0.2) is 18.2 Å². The van der Waals surface area contributed by atoms with Crippen LogP contribution in [0.2, 0.25) is 0 Å². The van der Waals surface area contributed by atoms with Gasteiger partial charge in [-0.25, -0.2) is 4.39 Å². The molecule has 0 atom stereocenters. The predicted molar refractivity (Wildman–Crippen MR) is 94.1 cm³/mol. The molecule has 0 spiro atoms. The zero-order valence-corrected chi connectivity index (χ0v) is 13.0. The molecule has 5 heteroatoms. The minimum atomic E-state index is -0.262. The van der Waals surface area contributed by atoms with Crippen molar-refractivity contribution in [1.29, 1.82) is 0 Å². The van der Waals surface area contributed by atoms with E-state index >= 15 is 0 Å². The van der Waals surface area contributed by atoms with Gasteiger partial charge in [-0.1, -0.05) is 0 Å². The molecule has 0 unspecified atom stereocenters. The maximum atomic E-state index is 12.9. The third-order valence-corrected chi connectivity index (χ3v) is 3.90. The highest BCUT2D eigenvalue weighted by Gasteiger charge is 2.11. The maximum Gasteiger partial charge on any atom is 0.175 e. The van der Waals surface area contributed by atoms with Crippen LogP contribution in [0.5, 0.6) is 0 Å². The Morgan fingerprint density at radius 3 is 1.91 bits per heavy atom. The normalized spacial score (nSPS) is 14.0. The van der Waals surface area contributed by atoms with Crippen molar-refractivity contribution in [3.63, 3.8) is 0 Å². The maximum absolute atomic E-state index is 12.9. The van der Waals surface area contributed by atoms with Crippen molar-refractivity contribution in [3.05, 3.63) is 54.3 Å². The van der Waals surface area contributed by atoms with E-state index in [9.17, 15) is 4.39 Å². The van der Waals surface area contributed by atoms with Gasteiger partial charge in [0, 0.05) is 30.2 Å². The summed E-state index contributed by atoms with van der Waals surface area (Å²) < 4.78 is 12.9. The van der Waals surface area contributed by atoms with E-state index in [0.29, 0.717) is 5.11 Å². The molecule has 22 heavy (non-hydrogen) atoms. The number of thiocarbonyl (C=S) groups is 1. The third kappa shape index (κ3) is 3.74. The summed E-state index contributed by atoms with van der Waals surface area (Å²) in [5.41, 5.74) is 2.94. The van der Waals surface area contributed by atoms with Crippen LogP contribution in [-0.2, 0) is 0 Å². The molecule has 1 aliphatic heterocycles. The average Bonchev–Trinajstić information content (AvgIpc) is 3.05. The molecular formula is C17H18FN3S. The van der Waals surface area contributed by atoms with Crippen LogP contribution in [0, 0.1) is 5.82 Å². The SMILES string of the molecule is Fc1ccc(NC(=S)Nc2ccc(N3CCCC3)cc2)cc1. The van der Waals surface area contributed by atoms with Crippen molar-refractivity contribution in [2.45, 2.75) is 12.8 Å². The minimum Gasteiger partial charge on any atom is -0.372 e. The number of rotatable bonds is 3. The molecule has 1 saturated heterocycles. The monoisotopic (exact) mass is 315 g/mol. The lowest BCUT2D eigenvalue weighted by Gasteiger charge is -2.18. The van der Waals surface area contributed by atoms with Gasteiger partial charge in [-0.3, -0.25) is 0 Å². The number of anilines is 3. The highest BCUT2D eigenvalue weighted by Crippen LogP contribution is 2.22. The molecule has 1 heterocycles. The van der Waals surface area contributed by atoms with Gasteiger partial charge in [0.2, 0.25) is 0 Å². The molecule has 2 aromatic rings. The first-order valence-corrected chi connectivity index (χ1v) is 7.80. The molecule has 0 aliphatic carbocycles. The summed E-state index contributed by atoms with van der Waals surface area (Å²) in [4.78, 5) is 2.39. The van der Waals surface area contributed by atoms with Crippen molar-refractivity contribution in [1.82, 2.24) is 0 Å². The summed E-state index contributed by atoms with van der Waals surface area (Å²) in [6, 6.07) is 14.4. The molecule has 3 rings (SSSR count). The summed E-state index contributed by atoms with van der Waals surface area (Å²) in [6.45, 7) is 2.27. The van der Waals surface area contributed by atoms with Crippen molar-refractivity contribution >= 4 is 34.4 Å². The Morgan fingerprint density at radius 1 is 0.864 bits per heavy atom. The van der Waals surface area contributed by atoms with E-state index in [1.54, 1.807) is 12.1 Å². The molecule has 2 N–H and O–H groups in total. The van der Waals surface area contributed by atoms with Gasteiger partial charge in [-0.05, 0) is 73.6 Å². The van der Waals surface area contributed by atoms with E-state index in [1.165, 1.54) is 30.7 Å². The number of nitrogens with zero attached hydrogens (tertiary/aromatic N) is 1. The molecule has 1 aliphatic rings. The fourth-order valence-corrected chi connectivity index (χ4v) is 2.79. The first kappa shape index (κ1) is 14.8. The highest BCUT2D eigenvalue weighted by molar-refractivity contribution is 7.80. The lowest BCUT2D eigenvalue weighted by Crippen LogP contribution is -2.19. The second-order valence-electron chi connectivity index (χ2n) is 5.33. The van der Waals surface area contributed by atoms with Crippen molar-refractivity contribution in [2.24, 2.45) is 0 Å². The third-order valence-electron chi connectivity index (χ3n) is 3.70. The van der Waals surface area contributed by atoms with E-state index in [-0.39, 0.29) is 5.82 Å². The lowest BCUT2D eigenvalue weighted by molar-refractivity contribution is 0.628. The largest absolute Gasteiger partial charge is 0.372 e. The van der Waals surface area contributed by atoms with Crippen LogP contribution in [0.3, 0.4) is 0 Å². The molecule has 0 aromatic heterocycles. The molecule has 0 bridgehead atoms. The van der Waals surface area contributed by atoms with Crippen LogP contribution in [0.4, 0.5) is 21.5 Å². The minimum absolute atomic E-state index is 0.262.